The Morgan fingerprint density at radius 3 is 2.50 bits per heavy atom. The molecular weight excluding hydrogens is 474 g/mol. The number of carbonyl (C=O) groups is 2. The first-order chi connectivity index (χ1) is 17.4. The van der Waals surface area contributed by atoms with E-state index in [0.29, 0.717) is 37.9 Å². The fraction of sp³-hybridized carbons (Fsp3) is 0.586. The molecule has 3 aliphatic rings. The quantitative estimate of drug-likeness (QED) is 0.424. The molecule has 0 spiro atoms. The maximum absolute atomic E-state index is 13.3. The summed E-state index contributed by atoms with van der Waals surface area (Å²) in [6.45, 7) is 11.3. The second kappa shape index (κ2) is 10.7. The molecule has 0 bridgehead atoms. The summed E-state index contributed by atoms with van der Waals surface area (Å²) in [6.07, 6.45) is 6.55. The zero-order valence-electron chi connectivity index (χ0n) is 21.6. The third-order valence-electron chi connectivity index (χ3n) is 8.21. The van der Waals surface area contributed by atoms with Crippen molar-refractivity contribution >= 4 is 34.2 Å². The maximum atomic E-state index is 13.3. The number of amides is 1. The van der Waals surface area contributed by atoms with Crippen molar-refractivity contribution in [2.45, 2.75) is 58.0 Å². The molecule has 1 aromatic heterocycles. The Labute approximate surface area is 219 Å². The van der Waals surface area contributed by atoms with Gasteiger partial charge in [0.25, 0.3) is 0 Å². The summed E-state index contributed by atoms with van der Waals surface area (Å²) in [7, 11) is 1.79. The smallest absolute Gasteiger partial charge is 0.245 e. The average Bonchev–Trinajstić information content (AvgIpc) is 3.61. The summed E-state index contributed by atoms with van der Waals surface area (Å²) in [5, 5.41) is 1.97. The van der Waals surface area contributed by atoms with Gasteiger partial charge in [-0.1, -0.05) is 18.2 Å². The monoisotopic (exact) mass is 511 g/mol. The van der Waals surface area contributed by atoms with Crippen LogP contribution in [0.4, 0.5) is 0 Å². The van der Waals surface area contributed by atoms with Crippen LogP contribution in [0.15, 0.2) is 24.8 Å². The van der Waals surface area contributed by atoms with Gasteiger partial charge in [0.05, 0.1) is 12.1 Å². The second-order valence-electron chi connectivity index (χ2n) is 11.1. The molecule has 1 amide bonds. The van der Waals surface area contributed by atoms with Crippen LogP contribution in [0.25, 0.3) is 10.9 Å². The zero-order chi connectivity index (χ0) is 25.4. The van der Waals surface area contributed by atoms with Crippen LogP contribution in [0, 0.1) is 18.8 Å². The number of halogens is 1. The number of aryl methyl sites for hydroxylation is 1. The van der Waals surface area contributed by atoms with Crippen molar-refractivity contribution in [1.29, 1.82) is 0 Å². The third-order valence-corrected chi connectivity index (χ3v) is 8.43. The molecule has 1 aromatic carbocycles. The van der Waals surface area contributed by atoms with E-state index in [1.807, 2.05) is 6.07 Å². The molecule has 3 fully saturated rings. The normalized spacial score (nSPS) is 19.6. The van der Waals surface area contributed by atoms with Crippen molar-refractivity contribution in [2.75, 3.05) is 39.9 Å². The van der Waals surface area contributed by atoms with Gasteiger partial charge < -0.3 is 14.2 Å². The Morgan fingerprint density at radius 1 is 1.14 bits per heavy atom. The molecule has 36 heavy (non-hydrogen) atoms. The molecule has 2 saturated heterocycles. The summed E-state index contributed by atoms with van der Waals surface area (Å²) < 4.78 is 7.71. The Balaban J connectivity index is 1.39. The number of fused-ring (bicyclic) bond motifs is 1. The molecule has 6 nitrogen and oxygen atoms in total. The molecular formula is C29H38ClN3O3. The second-order valence-corrected chi connectivity index (χ2v) is 11.5. The van der Waals surface area contributed by atoms with Gasteiger partial charge in [-0.3, -0.25) is 14.5 Å². The van der Waals surface area contributed by atoms with Crippen LogP contribution in [-0.2, 0) is 27.4 Å². The maximum Gasteiger partial charge on any atom is 0.245 e. The number of methoxy groups -OCH3 is 1. The Hall–Kier alpha value is -2.15. The Bertz CT molecular complexity index is 1150. The van der Waals surface area contributed by atoms with Crippen LogP contribution >= 0.6 is 11.6 Å². The average molecular weight is 512 g/mol. The van der Waals surface area contributed by atoms with E-state index in [1.54, 1.807) is 12.0 Å². The Kier molecular flexibility index (Phi) is 7.57. The number of ether oxygens (including phenoxy) is 1. The van der Waals surface area contributed by atoms with Crippen LogP contribution in [-0.4, -0.2) is 66.0 Å². The minimum Gasteiger partial charge on any atom is -0.384 e. The van der Waals surface area contributed by atoms with Crippen molar-refractivity contribution in [3.8, 4) is 0 Å². The first-order valence-corrected chi connectivity index (χ1v) is 13.7. The van der Waals surface area contributed by atoms with E-state index in [1.165, 1.54) is 35.6 Å². The van der Waals surface area contributed by atoms with Crippen molar-refractivity contribution < 1.29 is 14.3 Å². The van der Waals surface area contributed by atoms with Gasteiger partial charge in [0.1, 0.15) is 0 Å². The minimum atomic E-state index is -0.0467. The molecule has 1 saturated carbocycles. The fourth-order valence-electron chi connectivity index (χ4n) is 6.24. The summed E-state index contributed by atoms with van der Waals surface area (Å²) >= 11 is 6.56. The van der Waals surface area contributed by atoms with Crippen LogP contribution in [0.2, 0.25) is 5.02 Å². The number of ketones is 1. The van der Waals surface area contributed by atoms with Crippen molar-refractivity contribution in [3.05, 3.63) is 46.6 Å². The van der Waals surface area contributed by atoms with Gasteiger partial charge in [0.15, 0.2) is 5.78 Å². The first-order valence-electron chi connectivity index (χ1n) is 13.3. The SMILES string of the molecule is C=CC(=O)N1CC(CC(=O)Cn2c(C3CC3)c(CN3CCC(COC)CC3)c3cc(Cl)cc(C)c32)C1. The molecule has 1 aliphatic carbocycles. The van der Waals surface area contributed by atoms with Crippen LogP contribution in [0.3, 0.4) is 0 Å². The largest absolute Gasteiger partial charge is 0.384 e. The van der Waals surface area contributed by atoms with Gasteiger partial charge in [-0.15, -0.1) is 0 Å². The summed E-state index contributed by atoms with van der Waals surface area (Å²) in [5.74, 6) is 1.61. The predicted molar refractivity (Wildman–Crippen MR) is 143 cm³/mol. The number of hydrogen-bond donors (Lipinski definition) is 0. The molecule has 0 unspecified atom stereocenters. The van der Waals surface area contributed by atoms with Crippen molar-refractivity contribution in [2.24, 2.45) is 11.8 Å². The molecule has 0 atom stereocenters. The number of Topliss-reactive ketones (excluding diaryl/α,β-unsaturated/α-hetero) is 1. The number of rotatable bonds is 10. The topological polar surface area (TPSA) is 54.8 Å². The highest BCUT2D eigenvalue weighted by Crippen LogP contribution is 2.46. The molecule has 5 rings (SSSR count). The number of piperidine rings is 1. The van der Waals surface area contributed by atoms with E-state index in [9.17, 15) is 9.59 Å². The lowest BCUT2D eigenvalue weighted by atomic mass is 9.94. The van der Waals surface area contributed by atoms with E-state index in [0.717, 1.165) is 55.2 Å². The number of aromatic nitrogens is 1. The zero-order valence-corrected chi connectivity index (χ0v) is 22.4. The predicted octanol–water partition coefficient (Wildman–Crippen LogP) is 4.94. The number of benzene rings is 1. The Morgan fingerprint density at radius 2 is 1.86 bits per heavy atom. The van der Waals surface area contributed by atoms with Gasteiger partial charge in [-0.05, 0) is 86.9 Å². The summed E-state index contributed by atoms with van der Waals surface area (Å²) in [6, 6.07) is 4.13. The van der Waals surface area contributed by atoms with Crippen LogP contribution < -0.4 is 0 Å². The van der Waals surface area contributed by atoms with E-state index in [2.05, 4.69) is 29.0 Å². The van der Waals surface area contributed by atoms with E-state index in [4.69, 9.17) is 16.3 Å². The highest BCUT2D eigenvalue weighted by atomic mass is 35.5. The van der Waals surface area contributed by atoms with Crippen LogP contribution in [0.5, 0.6) is 0 Å². The molecule has 0 radical (unpaired) electrons. The molecule has 0 N–H and O–H groups in total. The standard InChI is InChI=1S/C29H38ClN3O3/c1-4-27(35)32-14-21(15-32)12-24(34)16-33-28-19(2)11-23(30)13-25(28)26(29(33)22-5-6-22)17-31-9-7-20(8-10-31)18-36-3/h4,11,13,20-22H,1,5-10,12,14-18H2,2-3H3. The third kappa shape index (κ3) is 5.27. The van der Waals surface area contributed by atoms with E-state index in [-0.39, 0.29) is 17.6 Å². The number of hydrogen-bond acceptors (Lipinski definition) is 4. The highest BCUT2D eigenvalue weighted by molar-refractivity contribution is 6.31. The molecule has 194 valence electrons. The molecule has 3 heterocycles. The first kappa shape index (κ1) is 25.5. The minimum absolute atomic E-state index is 0.0467. The summed E-state index contributed by atoms with van der Waals surface area (Å²) in [4.78, 5) is 29.4. The van der Waals surface area contributed by atoms with Gasteiger partial charge in [-0.25, -0.2) is 0 Å². The molecule has 2 aromatic rings. The lowest BCUT2D eigenvalue weighted by molar-refractivity contribution is -0.134. The van der Waals surface area contributed by atoms with Crippen molar-refractivity contribution in [1.82, 2.24) is 14.4 Å². The molecule has 7 heteroatoms. The molecule has 2 aliphatic heterocycles. The van der Waals surface area contributed by atoms with Gasteiger partial charge >= 0.3 is 0 Å². The highest BCUT2D eigenvalue weighted by Gasteiger charge is 2.35. The fourth-order valence-corrected chi connectivity index (χ4v) is 6.51. The van der Waals surface area contributed by atoms with Crippen LogP contribution in [0.1, 0.15) is 54.8 Å². The van der Waals surface area contributed by atoms with Gasteiger partial charge in [0.2, 0.25) is 5.91 Å². The van der Waals surface area contributed by atoms with E-state index >= 15 is 0 Å². The number of carbonyl (C=O) groups excluding carboxylic acids is 2. The van der Waals surface area contributed by atoms with Crippen molar-refractivity contribution in [3.63, 3.8) is 0 Å². The number of likely N-dealkylation sites (tertiary alicyclic amines) is 2. The summed E-state index contributed by atoms with van der Waals surface area (Å²) in [5.41, 5.74) is 5.00. The van der Waals surface area contributed by atoms with E-state index < -0.39 is 0 Å². The number of nitrogens with zero attached hydrogens (tertiary/aromatic N) is 3. The van der Waals surface area contributed by atoms with Gasteiger partial charge in [-0.2, -0.15) is 0 Å². The lowest BCUT2D eigenvalue weighted by Crippen LogP contribution is -2.50. The lowest BCUT2D eigenvalue weighted by Gasteiger charge is -2.38. The van der Waals surface area contributed by atoms with Gasteiger partial charge in [0, 0.05) is 61.8 Å².